The van der Waals surface area contributed by atoms with Gasteiger partial charge in [0.05, 0.1) is 18.7 Å². The van der Waals surface area contributed by atoms with Gasteiger partial charge < -0.3 is 9.72 Å². The molecule has 0 unspecified atom stereocenters. The van der Waals surface area contributed by atoms with E-state index in [-0.39, 0.29) is 11.6 Å². The zero-order valence-corrected chi connectivity index (χ0v) is 6.47. The first-order valence-corrected chi connectivity index (χ1v) is 3.48. The summed E-state index contributed by atoms with van der Waals surface area (Å²) in [4.78, 5) is 6.76. The Labute approximate surface area is 68.2 Å². The van der Waals surface area contributed by atoms with Gasteiger partial charge in [0.15, 0.2) is 11.6 Å². The number of pyridine rings is 1. The van der Waals surface area contributed by atoms with Crippen molar-refractivity contribution in [1.29, 1.82) is 0 Å². The van der Waals surface area contributed by atoms with Crippen LogP contribution in [0, 0.1) is 5.82 Å². The minimum Gasteiger partial charge on any atom is -0.492 e. The largest absolute Gasteiger partial charge is 0.492 e. The van der Waals surface area contributed by atoms with Crippen LogP contribution in [0.15, 0.2) is 18.5 Å². The van der Waals surface area contributed by atoms with Crippen LogP contribution in [-0.4, -0.2) is 17.1 Å². The van der Waals surface area contributed by atoms with E-state index in [4.69, 9.17) is 4.74 Å². The summed E-state index contributed by atoms with van der Waals surface area (Å²) in [5.41, 5.74) is 0.535. The fraction of sp³-hybridized carbons (Fsp3) is 0.125. The number of fused-ring (bicyclic) bond motifs is 1. The summed E-state index contributed by atoms with van der Waals surface area (Å²) >= 11 is 0. The van der Waals surface area contributed by atoms with Crippen LogP contribution in [0.1, 0.15) is 0 Å². The molecule has 0 aliphatic carbocycles. The van der Waals surface area contributed by atoms with E-state index in [0.717, 1.165) is 0 Å². The van der Waals surface area contributed by atoms with Crippen LogP contribution >= 0.6 is 0 Å². The lowest BCUT2D eigenvalue weighted by Gasteiger charge is -2.00. The van der Waals surface area contributed by atoms with Crippen molar-refractivity contribution >= 4 is 11.0 Å². The second-order valence-electron chi connectivity index (χ2n) is 2.38. The van der Waals surface area contributed by atoms with Gasteiger partial charge in [-0.1, -0.05) is 0 Å². The summed E-state index contributed by atoms with van der Waals surface area (Å²) < 4.78 is 18.1. The SMILES string of the molecule is COc1cnc2[nH]ccc2c1F. The van der Waals surface area contributed by atoms with E-state index in [1.807, 2.05) is 0 Å². The van der Waals surface area contributed by atoms with Gasteiger partial charge in [-0.3, -0.25) is 0 Å². The van der Waals surface area contributed by atoms with Crippen molar-refractivity contribution in [3.63, 3.8) is 0 Å². The highest BCUT2D eigenvalue weighted by molar-refractivity contribution is 5.77. The van der Waals surface area contributed by atoms with E-state index in [0.29, 0.717) is 11.0 Å². The minimum absolute atomic E-state index is 0.169. The molecule has 0 aliphatic heterocycles. The fourth-order valence-corrected chi connectivity index (χ4v) is 1.10. The van der Waals surface area contributed by atoms with Crippen molar-refractivity contribution in [2.24, 2.45) is 0 Å². The highest BCUT2D eigenvalue weighted by Gasteiger charge is 2.08. The predicted molar refractivity (Wildman–Crippen MR) is 42.6 cm³/mol. The Balaban J connectivity index is 2.78. The predicted octanol–water partition coefficient (Wildman–Crippen LogP) is 1.71. The first-order chi connectivity index (χ1) is 5.83. The molecule has 2 aromatic rings. The van der Waals surface area contributed by atoms with E-state index < -0.39 is 0 Å². The lowest BCUT2D eigenvalue weighted by atomic mass is 10.3. The first-order valence-electron chi connectivity index (χ1n) is 3.48. The van der Waals surface area contributed by atoms with Gasteiger partial charge in [0, 0.05) is 6.20 Å². The first kappa shape index (κ1) is 7.09. The van der Waals surface area contributed by atoms with Gasteiger partial charge in [0.25, 0.3) is 0 Å². The summed E-state index contributed by atoms with van der Waals surface area (Å²) in [6.45, 7) is 0. The molecule has 3 nitrogen and oxygen atoms in total. The van der Waals surface area contributed by atoms with E-state index >= 15 is 0 Å². The maximum atomic E-state index is 13.3. The van der Waals surface area contributed by atoms with Crippen LogP contribution in [0.3, 0.4) is 0 Å². The molecule has 0 aromatic carbocycles. The summed E-state index contributed by atoms with van der Waals surface area (Å²) in [6, 6.07) is 1.63. The van der Waals surface area contributed by atoms with Crippen molar-refractivity contribution in [2.75, 3.05) is 7.11 Å². The van der Waals surface area contributed by atoms with E-state index in [2.05, 4.69) is 9.97 Å². The van der Waals surface area contributed by atoms with E-state index in [9.17, 15) is 4.39 Å². The molecule has 0 amide bonds. The molecule has 0 atom stereocenters. The quantitative estimate of drug-likeness (QED) is 0.700. The zero-order chi connectivity index (χ0) is 8.55. The molecule has 62 valence electrons. The van der Waals surface area contributed by atoms with E-state index in [1.165, 1.54) is 13.3 Å². The van der Waals surface area contributed by atoms with Crippen molar-refractivity contribution < 1.29 is 9.13 Å². The Kier molecular flexibility index (Phi) is 1.46. The average molecular weight is 166 g/mol. The van der Waals surface area contributed by atoms with E-state index in [1.54, 1.807) is 12.3 Å². The van der Waals surface area contributed by atoms with Gasteiger partial charge in [-0.2, -0.15) is 0 Å². The molecule has 0 bridgehead atoms. The van der Waals surface area contributed by atoms with Crippen LogP contribution < -0.4 is 4.74 Å². The summed E-state index contributed by atoms with van der Waals surface area (Å²) in [6.07, 6.45) is 2.99. The topological polar surface area (TPSA) is 37.9 Å². The molecule has 2 rings (SSSR count). The van der Waals surface area contributed by atoms with Crippen molar-refractivity contribution in [3.05, 3.63) is 24.3 Å². The molecule has 0 fully saturated rings. The lowest BCUT2D eigenvalue weighted by molar-refractivity contribution is 0.387. The normalized spacial score (nSPS) is 10.5. The van der Waals surface area contributed by atoms with Gasteiger partial charge in [-0.15, -0.1) is 0 Å². The monoisotopic (exact) mass is 166 g/mol. The summed E-state index contributed by atoms with van der Waals surface area (Å²) in [5.74, 6) is -0.203. The number of hydrogen-bond donors (Lipinski definition) is 1. The van der Waals surface area contributed by atoms with Gasteiger partial charge >= 0.3 is 0 Å². The molecular formula is C8H7FN2O. The molecule has 0 radical (unpaired) electrons. The molecule has 12 heavy (non-hydrogen) atoms. The molecule has 0 aliphatic rings. The van der Waals surface area contributed by atoms with Crippen molar-refractivity contribution in [2.45, 2.75) is 0 Å². The Hall–Kier alpha value is -1.58. The number of ether oxygens (including phenoxy) is 1. The fourth-order valence-electron chi connectivity index (χ4n) is 1.10. The van der Waals surface area contributed by atoms with Gasteiger partial charge in [-0.25, -0.2) is 9.37 Å². The third kappa shape index (κ3) is 0.845. The van der Waals surface area contributed by atoms with Gasteiger partial charge in [0.1, 0.15) is 5.65 Å². The van der Waals surface area contributed by atoms with Crippen LogP contribution in [-0.2, 0) is 0 Å². The molecule has 0 spiro atoms. The third-order valence-corrected chi connectivity index (χ3v) is 1.71. The van der Waals surface area contributed by atoms with Crippen LogP contribution in [0.25, 0.3) is 11.0 Å². The van der Waals surface area contributed by atoms with Gasteiger partial charge in [0.2, 0.25) is 0 Å². The lowest BCUT2D eigenvalue weighted by Crippen LogP contribution is -1.89. The Morgan fingerprint density at radius 1 is 1.58 bits per heavy atom. The van der Waals surface area contributed by atoms with Gasteiger partial charge in [-0.05, 0) is 6.07 Å². The molecule has 0 saturated carbocycles. The maximum Gasteiger partial charge on any atom is 0.177 e. The third-order valence-electron chi connectivity index (χ3n) is 1.71. The molecule has 1 N–H and O–H groups in total. The average Bonchev–Trinajstić information content (AvgIpc) is 2.53. The Morgan fingerprint density at radius 3 is 3.17 bits per heavy atom. The summed E-state index contributed by atoms with van der Waals surface area (Å²) in [7, 11) is 1.42. The van der Waals surface area contributed by atoms with Crippen molar-refractivity contribution in [1.82, 2.24) is 9.97 Å². The van der Waals surface area contributed by atoms with Crippen LogP contribution in [0.2, 0.25) is 0 Å². The number of aromatic amines is 1. The molecule has 2 aromatic heterocycles. The second-order valence-corrected chi connectivity index (χ2v) is 2.38. The van der Waals surface area contributed by atoms with Crippen LogP contribution in [0.5, 0.6) is 5.75 Å². The number of rotatable bonds is 1. The standard InChI is InChI=1S/C8H7FN2O/c1-12-6-4-11-8-5(7(6)9)2-3-10-8/h2-4H,1H3,(H,10,11). The Morgan fingerprint density at radius 2 is 2.42 bits per heavy atom. The highest BCUT2D eigenvalue weighted by atomic mass is 19.1. The van der Waals surface area contributed by atoms with Crippen molar-refractivity contribution in [3.8, 4) is 5.75 Å². The molecule has 0 saturated heterocycles. The number of nitrogens with zero attached hydrogens (tertiary/aromatic N) is 1. The number of H-pyrrole nitrogens is 1. The minimum atomic E-state index is -0.372. The number of aromatic nitrogens is 2. The number of halogens is 1. The zero-order valence-electron chi connectivity index (χ0n) is 6.47. The highest BCUT2D eigenvalue weighted by Crippen LogP contribution is 2.22. The number of hydrogen-bond acceptors (Lipinski definition) is 2. The molecule has 2 heterocycles. The summed E-state index contributed by atoms with van der Waals surface area (Å²) in [5, 5.41) is 0.453. The maximum absolute atomic E-state index is 13.3. The molecule has 4 heteroatoms. The number of nitrogens with one attached hydrogen (secondary N) is 1. The smallest absolute Gasteiger partial charge is 0.177 e. The van der Waals surface area contributed by atoms with Crippen LogP contribution in [0.4, 0.5) is 4.39 Å². The second kappa shape index (κ2) is 2.48. The molecular weight excluding hydrogens is 159 g/mol. The Bertz CT molecular complexity index is 410. The number of methoxy groups -OCH3 is 1.